The molecule has 0 aliphatic carbocycles. The van der Waals surface area contributed by atoms with Crippen LogP contribution in [0.25, 0.3) is 0 Å². The standard InChI is InChI=1S/C22H25ClN4.2C2H6/c1-16-4-2-3-5-19(16)15-27-12-10-18(11-13-27)22-24-21(25-26-22)14-17-6-8-20(23)9-7-17;2*1-2/h2-9,18H,10-15H2,1H3,(H,24,25,26);2*1-2H3. The number of nitrogens with one attached hydrogen (secondary N) is 1. The second-order valence-electron chi connectivity index (χ2n) is 7.42. The lowest BCUT2D eigenvalue weighted by Gasteiger charge is -2.31. The van der Waals surface area contributed by atoms with E-state index in [9.17, 15) is 0 Å². The van der Waals surface area contributed by atoms with Crippen LogP contribution < -0.4 is 0 Å². The lowest BCUT2D eigenvalue weighted by atomic mass is 9.95. The minimum absolute atomic E-state index is 0.452. The quantitative estimate of drug-likeness (QED) is 0.475. The summed E-state index contributed by atoms with van der Waals surface area (Å²) < 4.78 is 0. The fourth-order valence-corrected chi connectivity index (χ4v) is 3.87. The van der Waals surface area contributed by atoms with Crippen molar-refractivity contribution in [2.75, 3.05) is 13.1 Å². The number of aryl methyl sites for hydroxylation is 1. The Balaban J connectivity index is 0.000000807. The van der Waals surface area contributed by atoms with E-state index in [-0.39, 0.29) is 0 Å². The van der Waals surface area contributed by atoms with E-state index in [1.165, 1.54) is 16.7 Å². The molecular weight excluding hydrogens is 404 g/mol. The molecule has 0 amide bonds. The molecule has 1 aliphatic heterocycles. The molecule has 168 valence electrons. The number of hydrogen-bond donors (Lipinski definition) is 1. The largest absolute Gasteiger partial charge is 0.299 e. The molecule has 3 aromatic rings. The van der Waals surface area contributed by atoms with Crippen molar-refractivity contribution in [3.8, 4) is 0 Å². The van der Waals surface area contributed by atoms with Gasteiger partial charge in [0, 0.05) is 23.9 Å². The first-order valence-electron chi connectivity index (χ1n) is 11.6. The average molecular weight is 441 g/mol. The van der Waals surface area contributed by atoms with Gasteiger partial charge in [-0.2, -0.15) is 5.10 Å². The van der Waals surface area contributed by atoms with Crippen LogP contribution in [0.2, 0.25) is 5.02 Å². The molecule has 1 aliphatic rings. The highest BCUT2D eigenvalue weighted by Gasteiger charge is 2.24. The van der Waals surface area contributed by atoms with Gasteiger partial charge in [-0.05, 0) is 61.7 Å². The van der Waals surface area contributed by atoms with E-state index in [4.69, 9.17) is 16.6 Å². The second-order valence-corrected chi connectivity index (χ2v) is 7.86. The van der Waals surface area contributed by atoms with Crippen LogP contribution >= 0.6 is 11.6 Å². The highest BCUT2D eigenvalue weighted by Crippen LogP contribution is 2.27. The van der Waals surface area contributed by atoms with Crippen LogP contribution in [-0.4, -0.2) is 33.2 Å². The molecule has 5 heteroatoms. The summed E-state index contributed by atoms with van der Waals surface area (Å²) in [5.74, 6) is 2.34. The number of H-pyrrole nitrogens is 1. The van der Waals surface area contributed by atoms with E-state index >= 15 is 0 Å². The van der Waals surface area contributed by atoms with Crippen molar-refractivity contribution in [3.05, 3.63) is 81.9 Å². The van der Waals surface area contributed by atoms with Crippen molar-refractivity contribution >= 4 is 11.6 Å². The zero-order valence-electron chi connectivity index (χ0n) is 19.7. The number of nitrogens with zero attached hydrogens (tertiary/aromatic N) is 3. The molecule has 0 radical (unpaired) electrons. The third kappa shape index (κ3) is 7.48. The predicted molar refractivity (Wildman–Crippen MR) is 132 cm³/mol. The van der Waals surface area contributed by atoms with Crippen LogP contribution in [0, 0.1) is 6.92 Å². The molecule has 1 fully saturated rings. The van der Waals surface area contributed by atoms with E-state index in [0.29, 0.717) is 5.92 Å². The van der Waals surface area contributed by atoms with Gasteiger partial charge in [-0.15, -0.1) is 0 Å². The fraction of sp³-hybridized carbons (Fsp3) is 0.462. The van der Waals surface area contributed by atoms with Gasteiger partial charge < -0.3 is 0 Å². The molecule has 0 spiro atoms. The third-order valence-electron chi connectivity index (χ3n) is 5.44. The van der Waals surface area contributed by atoms with Crippen LogP contribution in [0.1, 0.15) is 74.8 Å². The van der Waals surface area contributed by atoms with Crippen molar-refractivity contribution in [2.45, 2.75) is 66.3 Å². The SMILES string of the molecule is CC.CC.Cc1ccccc1CN1CCC(c2n[nH]c(Cc3ccc(Cl)cc3)n2)CC1. The van der Waals surface area contributed by atoms with Crippen LogP contribution in [-0.2, 0) is 13.0 Å². The maximum atomic E-state index is 5.95. The number of benzene rings is 2. The van der Waals surface area contributed by atoms with Gasteiger partial charge >= 0.3 is 0 Å². The Bertz CT molecular complexity index is 880. The van der Waals surface area contributed by atoms with Gasteiger partial charge in [0.25, 0.3) is 0 Å². The smallest absolute Gasteiger partial charge is 0.153 e. The molecule has 1 saturated heterocycles. The molecule has 0 atom stereocenters. The Hall–Kier alpha value is -2.17. The molecule has 0 bridgehead atoms. The van der Waals surface area contributed by atoms with Crippen molar-refractivity contribution < 1.29 is 0 Å². The number of hydrogen-bond acceptors (Lipinski definition) is 3. The highest BCUT2D eigenvalue weighted by atomic mass is 35.5. The Morgan fingerprint density at radius 2 is 1.61 bits per heavy atom. The Kier molecular flexibility index (Phi) is 10.8. The molecular formula is C26H37ClN4. The predicted octanol–water partition coefficient (Wildman–Crippen LogP) is 6.79. The van der Waals surface area contributed by atoms with Crippen molar-refractivity contribution in [1.82, 2.24) is 20.1 Å². The summed E-state index contributed by atoms with van der Waals surface area (Å²) in [6.07, 6.45) is 2.99. The zero-order valence-corrected chi connectivity index (χ0v) is 20.4. The van der Waals surface area contributed by atoms with Crippen molar-refractivity contribution in [2.24, 2.45) is 0 Å². The highest BCUT2D eigenvalue weighted by molar-refractivity contribution is 6.30. The zero-order chi connectivity index (χ0) is 22.6. The van der Waals surface area contributed by atoms with Gasteiger partial charge in [-0.3, -0.25) is 10.00 Å². The maximum Gasteiger partial charge on any atom is 0.153 e. The molecule has 0 unspecified atom stereocenters. The minimum Gasteiger partial charge on any atom is -0.299 e. The first-order chi connectivity index (χ1) is 15.2. The van der Waals surface area contributed by atoms with Crippen LogP contribution in [0.3, 0.4) is 0 Å². The van der Waals surface area contributed by atoms with E-state index in [0.717, 1.165) is 55.6 Å². The van der Waals surface area contributed by atoms with Gasteiger partial charge in [0.1, 0.15) is 5.82 Å². The Labute approximate surface area is 193 Å². The summed E-state index contributed by atoms with van der Waals surface area (Å²) in [5.41, 5.74) is 4.00. The third-order valence-corrected chi connectivity index (χ3v) is 5.69. The second kappa shape index (κ2) is 13.3. The molecule has 0 saturated carbocycles. The molecule has 4 rings (SSSR count). The van der Waals surface area contributed by atoms with E-state index in [1.54, 1.807) is 0 Å². The lowest BCUT2D eigenvalue weighted by Crippen LogP contribution is -2.33. The first-order valence-corrected chi connectivity index (χ1v) is 12.0. The summed E-state index contributed by atoms with van der Waals surface area (Å²) in [4.78, 5) is 7.30. The van der Waals surface area contributed by atoms with E-state index in [2.05, 4.69) is 46.3 Å². The summed E-state index contributed by atoms with van der Waals surface area (Å²) in [7, 11) is 0. The number of halogens is 1. The van der Waals surface area contributed by atoms with E-state index < -0.39 is 0 Å². The topological polar surface area (TPSA) is 44.8 Å². The monoisotopic (exact) mass is 440 g/mol. The van der Waals surface area contributed by atoms with E-state index in [1.807, 2.05) is 52.0 Å². The molecule has 2 heterocycles. The van der Waals surface area contributed by atoms with Gasteiger partial charge in [0.15, 0.2) is 5.82 Å². The number of piperidine rings is 1. The Morgan fingerprint density at radius 3 is 2.26 bits per heavy atom. The fourth-order valence-electron chi connectivity index (χ4n) is 3.74. The lowest BCUT2D eigenvalue weighted by molar-refractivity contribution is 0.201. The van der Waals surface area contributed by atoms with Crippen LogP contribution in [0.15, 0.2) is 48.5 Å². The minimum atomic E-state index is 0.452. The summed E-state index contributed by atoms with van der Waals surface area (Å²) >= 11 is 5.95. The number of aromatic nitrogens is 3. The van der Waals surface area contributed by atoms with Gasteiger partial charge in [-0.1, -0.05) is 75.7 Å². The normalized spacial score (nSPS) is 14.3. The van der Waals surface area contributed by atoms with Crippen LogP contribution in [0.4, 0.5) is 0 Å². The molecule has 4 nitrogen and oxygen atoms in total. The number of likely N-dealkylation sites (tertiary alicyclic amines) is 1. The van der Waals surface area contributed by atoms with Gasteiger partial charge in [-0.25, -0.2) is 4.98 Å². The summed E-state index contributed by atoms with van der Waals surface area (Å²) in [6.45, 7) is 13.4. The summed E-state index contributed by atoms with van der Waals surface area (Å²) in [5, 5.41) is 8.37. The van der Waals surface area contributed by atoms with Crippen molar-refractivity contribution in [3.63, 3.8) is 0 Å². The number of aromatic amines is 1. The van der Waals surface area contributed by atoms with Crippen LogP contribution in [0.5, 0.6) is 0 Å². The van der Waals surface area contributed by atoms with Crippen molar-refractivity contribution in [1.29, 1.82) is 0 Å². The molecule has 1 N–H and O–H groups in total. The first kappa shape index (κ1) is 25.1. The van der Waals surface area contributed by atoms with Gasteiger partial charge in [0.2, 0.25) is 0 Å². The maximum absolute atomic E-state index is 5.95. The van der Waals surface area contributed by atoms with Gasteiger partial charge in [0.05, 0.1) is 0 Å². The Morgan fingerprint density at radius 1 is 0.968 bits per heavy atom. The number of rotatable bonds is 5. The molecule has 2 aromatic carbocycles. The average Bonchev–Trinajstić information content (AvgIpc) is 3.29. The molecule has 31 heavy (non-hydrogen) atoms. The summed E-state index contributed by atoms with van der Waals surface area (Å²) in [6, 6.07) is 16.6. The molecule has 1 aromatic heterocycles.